The zero-order valence-electron chi connectivity index (χ0n) is 18.3. The summed E-state index contributed by atoms with van der Waals surface area (Å²) in [6.45, 7) is 13.7. The molecule has 0 radical (unpaired) electrons. The number of benzene rings is 2. The van der Waals surface area contributed by atoms with Gasteiger partial charge in [0.1, 0.15) is 5.75 Å². The van der Waals surface area contributed by atoms with Crippen LogP contribution in [0, 0.1) is 0 Å². The normalized spacial score (nSPS) is 15.8. The van der Waals surface area contributed by atoms with Crippen molar-refractivity contribution in [2.24, 2.45) is 0 Å². The molecule has 152 valence electrons. The minimum atomic E-state index is -0.318. The van der Waals surface area contributed by atoms with Gasteiger partial charge in [-0.3, -0.25) is 9.59 Å². The minimum Gasteiger partial charge on any atom is -0.507 e. The third-order valence-corrected chi connectivity index (χ3v) is 5.24. The molecule has 2 aromatic rings. The molecular formula is C25H29NO3. The number of hydrogen-bond donors (Lipinski definition) is 1. The molecule has 0 atom stereocenters. The Kier molecular flexibility index (Phi) is 4.94. The highest BCUT2D eigenvalue weighted by atomic mass is 16.3. The van der Waals surface area contributed by atoms with E-state index in [9.17, 15) is 14.7 Å². The average Bonchev–Trinajstić information content (AvgIpc) is 2.86. The largest absolute Gasteiger partial charge is 0.507 e. The molecule has 4 heteroatoms. The van der Waals surface area contributed by atoms with Crippen LogP contribution < -0.4 is 4.90 Å². The van der Waals surface area contributed by atoms with Gasteiger partial charge in [-0.1, -0.05) is 59.7 Å². The Morgan fingerprint density at radius 1 is 0.966 bits per heavy atom. The van der Waals surface area contributed by atoms with Crippen molar-refractivity contribution in [3.05, 3.63) is 58.7 Å². The van der Waals surface area contributed by atoms with Gasteiger partial charge in [0.15, 0.2) is 0 Å². The van der Waals surface area contributed by atoms with E-state index in [-0.39, 0.29) is 22.6 Å². The number of aromatic hydroxyl groups is 1. The Balaban J connectivity index is 2.26. The Morgan fingerprint density at radius 3 is 1.97 bits per heavy atom. The summed E-state index contributed by atoms with van der Waals surface area (Å²) in [6, 6.07) is 11.2. The predicted molar refractivity (Wildman–Crippen MR) is 118 cm³/mol. The fourth-order valence-corrected chi connectivity index (χ4v) is 3.74. The fourth-order valence-electron chi connectivity index (χ4n) is 3.74. The van der Waals surface area contributed by atoms with Crippen LogP contribution in [0.15, 0.2) is 36.4 Å². The first-order chi connectivity index (χ1) is 13.3. The topological polar surface area (TPSA) is 57.6 Å². The third-order valence-electron chi connectivity index (χ3n) is 5.24. The maximum Gasteiger partial charge on any atom is 0.265 e. The highest BCUT2D eigenvalue weighted by Crippen LogP contribution is 2.42. The first-order valence-corrected chi connectivity index (χ1v) is 9.86. The summed E-state index contributed by atoms with van der Waals surface area (Å²) >= 11 is 0. The number of nitrogens with zero attached hydrogens (tertiary/aromatic N) is 1. The molecule has 2 amide bonds. The van der Waals surface area contributed by atoms with Gasteiger partial charge in [0, 0.05) is 23.6 Å². The van der Waals surface area contributed by atoms with Crippen molar-refractivity contribution in [2.45, 2.75) is 59.3 Å². The van der Waals surface area contributed by atoms with Gasteiger partial charge < -0.3 is 5.11 Å². The van der Waals surface area contributed by atoms with E-state index >= 15 is 0 Å². The molecule has 0 saturated carbocycles. The number of phenols is 1. The lowest BCUT2D eigenvalue weighted by molar-refractivity contribution is -0.122. The fraction of sp³-hybridized carbons (Fsp3) is 0.360. The van der Waals surface area contributed by atoms with E-state index in [1.807, 2.05) is 36.4 Å². The molecule has 1 aliphatic heterocycles. The van der Waals surface area contributed by atoms with Crippen LogP contribution in [0.2, 0.25) is 0 Å². The van der Waals surface area contributed by atoms with Crippen LogP contribution in [-0.4, -0.2) is 16.9 Å². The molecule has 0 saturated heterocycles. The quantitative estimate of drug-likeness (QED) is 0.660. The minimum absolute atomic E-state index is 0.262. The molecule has 1 N–H and O–H groups in total. The number of rotatable bonds is 1. The second kappa shape index (κ2) is 6.87. The van der Waals surface area contributed by atoms with Crippen LogP contribution in [0.3, 0.4) is 0 Å². The molecule has 1 aliphatic rings. The van der Waals surface area contributed by atoms with Crippen LogP contribution in [0.5, 0.6) is 5.75 Å². The number of carbonyl (C=O) groups is 2. The number of fused-ring (bicyclic) bond motifs is 1. The van der Waals surface area contributed by atoms with Gasteiger partial charge in [0.2, 0.25) is 5.91 Å². The Bertz CT molecular complexity index is 998. The van der Waals surface area contributed by atoms with Crippen molar-refractivity contribution in [3.8, 4) is 5.75 Å². The van der Waals surface area contributed by atoms with Crippen molar-refractivity contribution in [2.75, 3.05) is 4.90 Å². The van der Waals surface area contributed by atoms with Gasteiger partial charge in [-0.25, -0.2) is 4.90 Å². The molecule has 2 aromatic carbocycles. The summed E-state index contributed by atoms with van der Waals surface area (Å²) in [5.74, 6) is -0.320. The van der Waals surface area contributed by atoms with Crippen molar-refractivity contribution >= 4 is 29.2 Å². The summed E-state index contributed by atoms with van der Waals surface area (Å²) in [4.78, 5) is 26.3. The smallest absolute Gasteiger partial charge is 0.265 e. The first-order valence-electron chi connectivity index (χ1n) is 9.86. The number of anilines is 1. The van der Waals surface area contributed by atoms with Gasteiger partial charge in [-0.15, -0.1) is 0 Å². The highest BCUT2D eigenvalue weighted by molar-refractivity contribution is 6.41. The van der Waals surface area contributed by atoms with Crippen molar-refractivity contribution in [1.82, 2.24) is 0 Å². The molecule has 0 bridgehead atoms. The van der Waals surface area contributed by atoms with Crippen LogP contribution >= 0.6 is 0 Å². The van der Waals surface area contributed by atoms with Gasteiger partial charge >= 0.3 is 0 Å². The highest BCUT2D eigenvalue weighted by Gasteiger charge is 2.35. The van der Waals surface area contributed by atoms with Crippen molar-refractivity contribution < 1.29 is 14.7 Å². The molecule has 0 fully saturated rings. The lowest BCUT2D eigenvalue weighted by atomic mass is 9.78. The van der Waals surface area contributed by atoms with E-state index in [0.717, 1.165) is 22.3 Å². The molecule has 0 unspecified atom stereocenters. The lowest BCUT2D eigenvalue weighted by Gasteiger charge is -2.28. The molecule has 29 heavy (non-hydrogen) atoms. The van der Waals surface area contributed by atoms with E-state index < -0.39 is 0 Å². The Hall–Kier alpha value is -2.88. The second-order valence-electron chi connectivity index (χ2n) is 9.70. The van der Waals surface area contributed by atoms with Crippen molar-refractivity contribution in [3.63, 3.8) is 0 Å². The van der Waals surface area contributed by atoms with E-state index in [0.29, 0.717) is 17.0 Å². The summed E-state index contributed by atoms with van der Waals surface area (Å²) in [7, 11) is 0. The maximum atomic E-state index is 13.0. The summed E-state index contributed by atoms with van der Waals surface area (Å²) in [5.41, 5.74) is 3.82. The van der Waals surface area contributed by atoms with Crippen molar-refractivity contribution in [1.29, 1.82) is 0 Å². The second-order valence-corrected chi connectivity index (χ2v) is 9.70. The zero-order chi connectivity index (χ0) is 21.7. The lowest BCUT2D eigenvalue weighted by Crippen LogP contribution is -2.31. The van der Waals surface area contributed by atoms with Gasteiger partial charge in [-0.2, -0.15) is 0 Å². The van der Waals surface area contributed by atoms with E-state index in [4.69, 9.17) is 0 Å². The number of para-hydroxylation sites is 1. The van der Waals surface area contributed by atoms with E-state index in [1.165, 1.54) is 11.8 Å². The number of hydrogen-bond acceptors (Lipinski definition) is 3. The molecule has 0 spiro atoms. The van der Waals surface area contributed by atoms with Crippen LogP contribution in [0.4, 0.5) is 5.69 Å². The number of phenolic OH excluding ortho intramolecular Hbond substituents is 1. The number of carbonyl (C=O) groups excluding carboxylic acids is 2. The molecule has 0 aliphatic carbocycles. The maximum absolute atomic E-state index is 13.0. The molecule has 3 rings (SSSR count). The Morgan fingerprint density at radius 2 is 1.48 bits per heavy atom. The van der Waals surface area contributed by atoms with Crippen LogP contribution in [0.25, 0.3) is 11.6 Å². The zero-order valence-corrected chi connectivity index (χ0v) is 18.3. The number of amides is 2. The molecular weight excluding hydrogens is 362 g/mol. The van der Waals surface area contributed by atoms with Crippen LogP contribution in [0.1, 0.15) is 70.7 Å². The van der Waals surface area contributed by atoms with Crippen LogP contribution in [-0.2, 0) is 20.4 Å². The van der Waals surface area contributed by atoms with Gasteiger partial charge in [0.25, 0.3) is 5.91 Å². The average molecular weight is 392 g/mol. The monoisotopic (exact) mass is 391 g/mol. The van der Waals surface area contributed by atoms with E-state index in [2.05, 4.69) is 41.5 Å². The molecule has 0 aromatic heterocycles. The van der Waals surface area contributed by atoms with E-state index in [1.54, 1.807) is 6.07 Å². The standard InChI is InChI=1S/C25H29NO3/c1-15(27)26-21-11-9-8-10-17(21)18(23(26)29)12-16-13-19(24(2,3)4)22(28)20(14-16)25(5,6)7/h8-14,28H,1-7H3. The molecule has 4 nitrogen and oxygen atoms in total. The Labute approximate surface area is 172 Å². The van der Waals surface area contributed by atoms with Gasteiger partial charge in [-0.05, 0) is 40.7 Å². The summed E-state index contributed by atoms with van der Waals surface area (Å²) in [5, 5.41) is 10.9. The van der Waals surface area contributed by atoms with Gasteiger partial charge in [0.05, 0.1) is 11.3 Å². The third kappa shape index (κ3) is 3.71. The SMILES string of the molecule is CC(=O)N1C(=O)C(=Cc2cc(C(C)(C)C)c(O)c(C(C)(C)C)c2)c2ccccc21. The predicted octanol–water partition coefficient (Wildman–Crippen LogP) is 5.42. The number of imide groups is 1. The summed E-state index contributed by atoms with van der Waals surface area (Å²) in [6.07, 6.45) is 1.83. The first kappa shape index (κ1) is 20.8. The summed E-state index contributed by atoms with van der Waals surface area (Å²) < 4.78 is 0. The molecule has 1 heterocycles.